The molecule has 0 spiro atoms. The highest BCUT2D eigenvalue weighted by atomic mass is 32.2. The number of anilines is 1. The minimum Gasteiger partial charge on any atom is -0.369 e. The Bertz CT molecular complexity index is 1060. The van der Waals surface area contributed by atoms with Gasteiger partial charge in [-0.05, 0) is 50.0 Å². The third-order valence-electron chi connectivity index (χ3n) is 6.45. The Morgan fingerprint density at radius 1 is 0.848 bits per heavy atom. The molecule has 1 N–H and O–H groups in total. The number of carbonyl (C=O) groups is 1. The van der Waals surface area contributed by atoms with Gasteiger partial charge in [-0.25, -0.2) is 8.42 Å². The van der Waals surface area contributed by atoms with E-state index in [4.69, 9.17) is 0 Å². The molecule has 2 fully saturated rings. The zero-order valence-electron chi connectivity index (χ0n) is 19.4. The second-order valence-electron chi connectivity index (χ2n) is 8.87. The standard InChI is InChI=1S/C24H33N5O3S/c1-26-10-14-28(15-11-26)22-8-6-20(7-9-22)19-25-24(30)21-4-3-5-23(18-21)33(31,32)29-16-12-27(2)13-17-29/h3-9,18H,10-17,19H2,1-2H3,(H,25,30). The Morgan fingerprint density at radius 3 is 2.09 bits per heavy atom. The van der Waals surface area contributed by atoms with Crippen LogP contribution in [0, 0.1) is 0 Å². The number of nitrogens with one attached hydrogen (secondary N) is 1. The maximum absolute atomic E-state index is 13.0. The smallest absolute Gasteiger partial charge is 0.251 e. The van der Waals surface area contributed by atoms with E-state index >= 15 is 0 Å². The molecule has 0 radical (unpaired) electrons. The van der Waals surface area contributed by atoms with Gasteiger partial charge in [-0.2, -0.15) is 4.31 Å². The van der Waals surface area contributed by atoms with Gasteiger partial charge < -0.3 is 20.0 Å². The summed E-state index contributed by atoms with van der Waals surface area (Å²) in [6.07, 6.45) is 0. The van der Waals surface area contributed by atoms with Crippen molar-refractivity contribution in [3.63, 3.8) is 0 Å². The van der Waals surface area contributed by atoms with E-state index in [-0.39, 0.29) is 10.8 Å². The average molecular weight is 472 g/mol. The van der Waals surface area contributed by atoms with Crippen LogP contribution in [-0.2, 0) is 16.6 Å². The Kier molecular flexibility index (Phi) is 7.33. The highest BCUT2D eigenvalue weighted by Gasteiger charge is 2.28. The number of likely N-dealkylation sites (N-methyl/N-ethyl adjacent to an activating group) is 2. The maximum atomic E-state index is 13.0. The molecule has 4 rings (SSSR count). The Labute approximate surface area is 196 Å². The van der Waals surface area contributed by atoms with Crippen molar-refractivity contribution in [2.24, 2.45) is 0 Å². The van der Waals surface area contributed by atoms with Gasteiger partial charge in [0.1, 0.15) is 0 Å². The normalized spacial score (nSPS) is 18.9. The monoisotopic (exact) mass is 471 g/mol. The van der Waals surface area contributed by atoms with Crippen LogP contribution in [0.3, 0.4) is 0 Å². The van der Waals surface area contributed by atoms with Gasteiger partial charge in [-0.3, -0.25) is 4.79 Å². The molecule has 8 nitrogen and oxygen atoms in total. The SMILES string of the molecule is CN1CCN(c2ccc(CNC(=O)c3cccc(S(=O)(=O)N4CCN(C)CC4)c3)cc2)CC1. The number of benzene rings is 2. The summed E-state index contributed by atoms with van der Waals surface area (Å²) in [5.74, 6) is -0.284. The molecule has 2 aliphatic heterocycles. The average Bonchev–Trinajstić information content (AvgIpc) is 2.84. The summed E-state index contributed by atoms with van der Waals surface area (Å²) in [4.78, 5) is 19.7. The Balaban J connectivity index is 1.36. The van der Waals surface area contributed by atoms with Crippen LogP contribution in [0.25, 0.3) is 0 Å². The summed E-state index contributed by atoms with van der Waals surface area (Å²) in [5, 5.41) is 2.91. The minimum atomic E-state index is -3.61. The lowest BCUT2D eigenvalue weighted by Crippen LogP contribution is -2.47. The summed E-state index contributed by atoms with van der Waals surface area (Å²) in [7, 11) is 0.512. The number of piperazine rings is 2. The third kappa shape index (κ3) is 5.73. The van der Waals surface area contributed by atoms with Gasteiger partial charge in [0.2, 0.25) is 10.0 Å². The number of carbonyl (C=O) groups excluding carboxylic acids is 1. The Morgan fingerprint density at radius 2 is 1.45 bits per heavy atom. The van der Waals surface area contributed by atoms with Crippen LogP contribution in [0.15, 0.2) is 53.4 Å². The van der Waals surface area contributed by atoms with Crippen LogP contribution in [0.2, 0.25) is 0 Å². The van der Waals surface area contributed by atoms with Crippen molar-refractivity contribution in [2.45, 2.75) is 11.4 Å². The molecule has 33 heavy (non-hydrogen) atoms. The quantitative estimate of drug-likeness (QED) is 0.685. The number of rotatable bonds is 6. The van der Waals surface area contributed by atoms with Crippen LogP contribution in [0.1, 0.15) is 15.9 Å². The first-order chi connectivity index (χ1) is 15.8. The minimum absolute atomic E-state index is 0.163. The molecular weight excluding hydrogens is 438 g/mol. The number of hydrogen-bond acceptors (Lipinski definition) is 6. The molecule has 0 unspecified atom stereocenters. The van der Waals surface area contributed by atoms with Crippen LogP contribution < -0.4 is 10.2 Å². The molecule has 0 aliphatic carbocycles. The van der Waals surface area contributed by atoms with Crippen molar-refractivity contribution in [3.8, 4) is 0 Å². The molecule has 0 bridgehead atoms. The number of sulfonamides is 1. The molecule has 2 heterocycles. The van der Waals surface area contributed by atoms with Crippen LogP contribution in [0.4, 0.5) is 5.69 Å². The predicted octanol–water partition coefficient (Wildman–Crippen LogP) is 1.30. The van der Waals surface area contributed by atoms with Crippen molar-refractivity contribution >= 4 is 21.6 Å². The third-order valence-corrected chi connectivity index (χ3v) is 8.35. The second kappa shape index (κ2) is 10.2. The lowest BCUT2D eigenvalue weighted by molar-refractivity contribution is 0.0950. The number of nitrogens with zero attached hydrogens (tertiary/aromatic N) is 4. The molecule has 1 amide bonds. The Hall–Kier alpha value is -2.46. The fraction of sp³-hybridized carbons (Fsp3) is 0.458. The molecule has 178 valence electrons. The van der Waals surface area contributed by atoms with Gasteiger partial charge in [0.05, 0.1) is 4.90 Å². The molecule has 2 aromatic rings. The van der Waals surface area contributed by atoms with E-state index in [1.165, 1.54) is 16.1 Å². The highest BCUT2D eigenvalue weighted by Crippen LogP contribution is 2.20. The van der Waals surface area contributed by atoms with E-state index in [0.29, 0.717) is 38.3 Å². The lowest BCUT2D eigenvalue weighted by atomic mass is 10.1. The van der Waals surface area contributed by atoms with Crippen molar-refractivity contribution in [3.05, 3.63) is 59.7 Å². The highest BCUT2D eigenvalue weighted by molar-refractivity contribution is 7.89. The maximum Gasteiger partial charge on any atom is 0.251 e. The molecule has 2 aliphatic rings. The molecule has 2 aromatic carbocycles. The van der Waals surface area contributed by atoms with Gasteiger partial charge in [0.15, 0.2) is 0 Å². The summed E-state index contributed by atoms with van der Waals surface area (Å²) >= 11 is 0. The summed E-state index contributed by atoms with van der Waals surface area (Å²) in [6, 6.07) is 14.6. The fourth-order valence-electron chi connectivity index (χ4n) is 4.15. The van der Waals surface area contributed by atoms with Gasteiger partial charge in [0, 0.05) is 70.2 Å². The topological polar surface area (TPSA) is 76.2 Å². The van der Waals surface area contributed by atoms with Gasteiger partial charge in [0.25, 0.3) is 5.91 Å². The van der Waals surface area contributed by atoms with Crippen LogP contribution in [-0.4, -0.2) is 94.9 Å². The van der Waals surface area contributed by atoms with E-state index in [1.54, 1.807) is 18.2 Å². The van der Waals surface area contributed by atoms with Gasteiger partial charge in [-0.1, -0.05) is 18.2 Å². The van der Waals surface area contributed by atoms with E-state index in [1.807, 2.05) is 19.2 Å². The van der Waals surface area contributed by atoms with E-state index in [0.717, 1.165) is 31.7 Å². The van der Waals surface area contributed by atoms with Crippen molar-refractivity contribution in [2.75, 3.05) is 71.4 Å². The molecular formula is C24H33N5O3S. The molecule has 0 aromatic heterocycles. The van der Waals surface area contributed by atoms with E-state index in [2.05, 4.69) is 39.2 Å². The molecule has 9 heteroatoms. The fourth-order valence-corrected chi connectivity index (χ4v) is 5.62. The first-order valence-corrected chi connectivity index (χ1v) is 12.9. The summed E-state index contributed by atoms with van der Waals surface area (Å²) in [6.45, 7) is 6.85. The van der Waals surface area contributed by atoms with Crippen molar-refractivity contribution in [1.82, 2.24) is 19.4 Å². The van der Waals surface area contributed by atoms with Crippen LogP contribution in [0.5, 0.6) is 0 Å². The number of amides is 1. The lowest BCUT2D eigenvalue weighted by Gasteiger charge is -2.34. The van der Waals surface area contributed by atoms with Crippen LogP contribution >= 0.6 is 0 Å². The second-order valence-corrected chi connectivity index (χ2v) is 10.8. The number of hydrogen-bond donors (Lipinski definition) is 1. The van der Waals surface area contributed by atoms with E-state index in [9.17, 15) is 13.2 Å². The van der Waals surface area contributed by atoms with Gasteiger partial charge in [-0.15, -0.1) is 0 Å². The van der Waals surface area contributed by atoms with E-state index < -0.39 is 10.0 Å². The van der Waals surface area contributed by atoms with Gasteiger partial charge >= 0.3 is 0 Å². The molecule has 2 saturated heterocycles. The van der Waals surface area contributed by atoms with Crippen molar-refractivity contribution in [1.29, 1.82) is 0 Å². The first kappa shape index (κ1) is 23.7. The molecule has 0 saturated carbocycles. The zero-order valence-corrected chi connectivity index (χ0v) is 20.2. The first-order valence-electron chi connectivity index (χ1n) is 11.4. The zero-order chi connectivity index (χ0) is 23.4. The van der Waals surface area contributed by atoms with Crippen molar-refractivity contribution < 1.29 is 13.2 Å². The largest absolute Gasteiger partial charge is 0.369 e. The molecule has 0 atom stereocenters. The predicted molar refractivity (Wildman–Crippen MR) is 130 cm³/mol. The summed E-state index contributed by atoms with van der Waals surface area (Å²) in [5.41, 5.74) is 2.54. The summed E-state index contributed by atoms with van der Waals surface area (Å²) < 4.78 is 27.5.